The number of nitrogens with zero attached hydrogens (tertiary/aromatic N) is 3. The maximum Gasteiger partial charge on any atom is 0.255 e. The Kier molecular flexibility index (Phi) is 7.27. The summed E-state index contributed by atoms with van der Waals surface area (Å²) in [5.74, 6) is 1.54. The summed E-state index contributed by atoms with van der Waals surface area (Å²) < 4.78 is 5.16. The minimum atomic E-state index is -0.160. The number of rotatable bonds is 7. The zero-order valence-corrected chi connectivity index (χ0v) is 17.9. The summed E-state index contributed by atoms with van der Waals surface area (Å²) in [6, 6.07) is 11.2. The normalized spacial score (nSPS) is 14.9. The number of piperazine rings is 1. The molecule has 7 heteroatoms. The molecule has 0 spiro atoms. The molecule has 0 saturated carbocycles. The number of methoxy groups -OCH3 is 1. The quantitative estimate of drug-likeness (QED) is 0.760. The molecule has 1 fully saturated rings. The maximum absolute atomic E-state index is 12.8. The van der Waals surface area contributed by atoms with Gasteiger partial charge in [0.05, 0.1) is 12.7 Å². The van der Waals surface area contributed by atoms with E-state index in [1.165, 1.54) is 0 Å². The third kappa shape index (κ3) is 5.09. The van der Waals surface area contributed by atoms with Gasteiger partial charge in [0, 0.05) is 44.8 Å². The number of carbonyl (C=O) groups is 2. The highest BCUT2D eigenvalue weighted by Crippen LogP contribution is 2.20. The SMILES string of the molecule is CCC(C)C(=O)N1CCN(c2ncccc2C(=O)NCc2ccc(OC)cc2)CC1. The molecular formula is C23H30N4O3. The van der Waals surface area contributed by atoms with Crippen LogP contribution in [0.3, 0.4) is 0 Å². The number of nitrogens with one attached hydrogen (secondary N) is 1. The number of benzene rings is 1. The van der Waals surface area contributed by atoms with Gasteiger partial charge in [0.1, 0.15) is 11.6 Å². The molecule has 160 valence electrons. The van der Waals surface area contributed by atoms with E-state index in [9.17, 15) is 9.59 Å². The summed E-state index contributed by atoms with van der Waals surface area (Å²) in [4.78, 5) is 33.7. The van der Waals surface area contributed by atoms with E-state index in [0.717, 1.165) is 17.7 Å². The van der Waals surface area contributed by atoms with Gasteiger partial charge in [-0.3, -0.25) is 9.59 Å². The van der Waals surface area contributed by atoms with Gasteiger partial charge in [0.25, 0.3) is 5.91 Å². The van der Waals surface area contributed by atoms with Crippen molar-refractivity contribution in [2.45, 2.75) is 26.8 Å². The van der Waals surface area contributed by atoms with Gasteiger partial charge in [-0.2, -0.15) is 0 Å². The number of pyridine rings is 1. The van der Waals surface area contributed by atoms with Crippen LogP contribution in [0.5, 0.6) is 5.75 Å². The van der Waals surface area contributed by atoms with Crippen molar-refractivity contribution in [3.8, 4) is 5.75 Å². The van der Waals surface area contributed by atoms with Crippen LogP contribution in [0.1, 0.15) is 36.2 Å². The monoisotopic (exact) mass is 410 g/mol. The lowest BCUT2D eigenvalue weighted by molar-refractivity contribution is -0.135. The molecule has 3 rings (SSSR count). The highest BCUT2D eigenvalue weighted by molar-refractivity contribution is 5.98. The molecule has 0 aliphatic carbocycles. The van der Waals surface area contributed by atoms with Gasteiger partial charge in [0.2, 0.25) is 5.91 Å². The molecule has 30 heavy (non-hydrogen) atoms. The van der Waals surface area contributed by atoms with Crippen LogP contribution in [0.2, 0.25) is 0 Å². The maximum atomic E-state index is 12.8. The average Bonchev–Trinajstić information content (AvgIpc) is 2.82. The molecule has 1 aromatic heterocycles. The summed E-state index contributed by atoms with van der Waals surface area (Å²) in [7, 11) is 1.63. The Hall–Kier alpha value is -3.09. The van der Waals surface area contributed by atoms with E-state index in [0.29, 0.717) is 44.1 Å². The average molecular weight is 411 g/mol. The van der Waals surface area contributed by atoms with Crippen molar-refractivity contribution in [2.24, 2.45) is 5.92 Å². The summed E-state index contributed by atoms with van der Waals surface area (Å²) in [6.07, 6.45) is 2.55. The van der Waals surface area contributed by atoms with Crippen molar-refractivity contribution in [3.63, 3.8) is 0 Å². The van der Waals surface area contributed by atoms with Crippen LogP contribution in [-0.4, -0.2) is 55.0 Å². The lowest BCUT2D eigenvalue weighted by atomic mass is 10.1. The molecule has 1 unspecified atom stereocenters. The van der Waals surface area contributed by atoms with E-state index in [-0.39, 0.29) is 17.7 Å². The van der Waals surface area contributed by atoms with Crippen LogP contribution in [0.4, 0.5) is 5.82 Å². The van der Waals surface area contributed by atoms with Crippen LogP contribution >= 0.6 is 0 Å². The van der Waals surface area contributed by atoms with Gasteiger partial charge < -0.3 is 19.9 Å². The molecule has 1 atom stereocenters. The standard InChI is InChI=1S/C23H30N4O3/c1-4-17(2)23(29)27-14-12-26(13-15-27)21-20(6-5-11-24-21)22(28)25-16-18-7-9-19(30-3)10-8-18/h5-11,17H,4,12-16H2,1-3H3,(H,25,28). The Bertz CT molecular complexity index is 861. The fourth-order valence-electron chi connectivity index (χ4n) is 3.47. The van der Waals surface area contributed by atoms with E-state index in [1.54, 1.807) is 25.4 Å². The summed E-state index contributed by atoms with van der Waals surface area (Å²) in [5.41, 5.74) is 1.54. The molecule has 0 bridgehead atoms. The minimum absolute atomic E-state index is 0.0469. The molecule has 2 aromatic rings. The molecule has 1 aromatic carbocycles. The van der Waals surface area contributed by atoms with Crippen molar-refractivity contribution < 1.29 is 14.3 Å². The van der Waals surface area contributed by atoms with Crippen molar-refractivity contribution in [1.82, 2.24) is 15.2 Å². The Morgan fingerprint density at radius 2 is 1.83 bits per heavy atom. The lowest BCUT2D eigenvalue weighted by Gasteiger charge is -2.37. The van der Waals surface area contributed by atoms with Crippen molar-refractivity contribution in [2.75, 3.05) is 38.2 Å². The number of hydrogen-bond acceptors (Lipinski definition) is 5. The second-order valence-electron chi connectivity index (χ2n) is 7.53. The van der Waals surface area contributed by atoms with Gasteiger partial charge >= 0.3 is 0 Å². The summed E-state index contributed by atoms with van der Waals surface area (Å²) in [5, 5.41) is 2.97. The fourth-order valence-corrected chi connectivity index (χ4v) is 3.47. The van der Waals surface area contributed by atoms with E-state index in [2.05, 4.69) is 15.2 Å². The zero-order valence-electron chi connectivity index (χ0n) is 17.9. The smallest absolute Gasteiger partial charge is 0.255 e. The molecule has 1 N–H and O–H groups in total. The van der Waals surface area contributed by atoms with E-state index < -0.39 is 0 Å². The van der Waals surface area contributed by atoms with Crippen LogP contribution in [0.25, 0.3) is 0 Å². The van der Waals surface area contributed by atoms with Gasteiger partial charge in [-0.25, -0.2) is 4.98 Å². The number of carbonyl (C=O) groups excluding carboxylic acids is 2. The highest BCUT2D eigenvalue weighted by Gasteiger charge is 2.26. The second kappa shape index (κ2) is 10.1. The van der Waals surface area contributed by atoms with Crippen LogP contribution in [-0.2, 0) is 11.3 Å². The first kappa shape index (κ1) is 21.6. The van der Waals surface area contributed by atoms with Crippen molar-refractivity contribution >= 4 is 17.6 Å². The predicted octanol–water partition coefficient (Wildman–Crippen LogP) is 2.71. The van der Waals surface area contributed by atoms with Gasteiger partial charge in [-0.05, 0) is 36.2 Å². The minimum Gasteiger partial charge on any atom is -0.497 e. The zero-order chi connectivity index (χ0) is 21.5. The van der Waals surface area contributed by atoms with Crippen molar-refractivity contribution in [3.05, 3.63) is 53.7 Å². The molecular weight excluding hydrogens is 380 g/mol. The van der Waals surface area contributed by atoms with E-state index in [4.69, 9.17) is 4.74 Å². The molecule has 0 radical (unpaired) electrons. The third-order valence-electron chi connectivity index (χ3n) is 5.57. The summed E-state index contributed by atoms with van der Waals surface area (Å²) in [6.45, 7) is 7.05. The molecule has 1 aliphatic heterocycles. The first-order valence-electron chi connectivity index (χ1n) is 10.4. The van der Waals surface area contributed by atoms with Crippen LogP contribution in [0.15, 0.2) is 42.6 Å². The molecule has 2 heterocycles. The lowest BCUT2D eigenvalue weighted by Crippen LogP contribution is -2.50. The van der Waals surface area contributed by atoms with E-state index in [1.807, 2.05) is 43.0 Å². The molecule has 2 amide bonds. The number of ether oxygens (including phenoxy) is 1. The molecule has 1 saturated heterocycles. The van der Waals surface area contributed by atoms with E-state index >= 15 is 0 Å². The molecule has 1 aliphatic rings. The number of anilines is 1. The Morgan fingerprint density at radius 3 is 2.47 bits per heavy atom. The molecule has 7 nitrogen and oxygen atoms in total. The van der Waals surface area contributed by atoms with Crippen molar-refractivity contribution in [1.29, 1.82) is 0 Å². The highest BCUT2D eigenvalue weighted by atomic mass is 16.5. The second-order valence-corrected chi connectivity index (χ2v) is 7.53. The topological polar surface area (TPSA) is 74.8 Å². The van der Waals surface area contributed by atoms with Gasteiger partial charge in [-0.1, -0.05) is 26.0 Å². The predicted molar refractivity (Wildman–Crippen MR) is 117 cm³/mol. The first-order chi connectivity index (χ1) is 14.5. The first-order valence-corrected chi connectivity index (χ1v) is 10.4. The van der Waals surface area contributed by atoms with Gasteiger partial charge in [0.15, 0.2) is 0 Å². The number of hydrogen-bond donors (Lipinski definition) is 1. The Morgan fingerprint density at radius 1 is 1.13 bits per heavy atom. The Labute approximate surface area is 178 Å². The number of aromatic nitrogens is 1. The van der Waals surface area contributed by atoms with Crippen LogP contribution in [0, 0.1) is 5.92 Å². The largest absolute Gasteiger partial charge is 0.497 e. The number of amides is 2. The third-order valence-corrected chi connectivity index (χ3v) is 5.57. The summed E-state index contributed by atoms with van der Waals surface area (Å²) >= 11 is 0. The Balaban J connectivity index is 1.62. The van der Waals surface area contributed by atoms with Gasteiger partial charge in [-0.15, -0.1) is 0 Å². The van der Waals surface area contributed by atoms with Crippen LogP contribution < -0.4 is 15.0 Å². The fraction of sp³-hybridized carbons (Fsp3) is 0.435.